The van der Waals surface area contributed by atoms with Crippen molar-refractivity contribution in [1.29, 1.82) is 0 Å². The molecule has 0 heterocycles. The van der Waals surface area contributed by atoms with Gasteiger partial charge in [0, 0.05) is 11.6 Å². The topological polar surface area (TPSA) is 35.2 Å². The van der Waals surface area contributed by atoms with Crippen molar-refractivity contribution >= 4 is 11.6 Å². The second kappa shape index (κ2) is 6.04. The fourth-order valence-electron chi connectivity index (χ4n) is 2.73. The summed E-state index contributed by atoms with van der Waals surface area (Å²) < 4.78 is 19.4. The van der Waals surface area contributed by atoms with Gasteiger partial charge in [-0.05, 0) is 54.7 Å². The molecule has 2 nitrogen and oxygen atoms in total. The summed E-state index contributed by atoms with van der Waals surface area (Å²) in [6, 6.07) is 10.6. The Balaban J connectivity index is 1.78. The molecule has 0 spiro atoms. The Bertz CT molecular complexity index is 639. The molecule has 110 valence electrons. The lowest BCUT2D eigenvalue weighted by molar-refractivity contribution is 0.299. The number of aryl methyl sites for hydroxylation is 1. The van der Waals surface area contributed by atoms with Crippen LogP contribution in [-0.2, 0) is 13.0 Å². The maximum Gasteiger partial charge on any atom is 0.131 e. The molecule has 1 aliphatic rings. The van der Waals surface area contributed by atoms with E-state index in [4.69, 9.17) is 22.1 Å². The second-order valence-corrected chi connectivity index (χ2v) is 5.76. The lowest BCUT2D eigenvalue weighted by atomic mass is 9.88. The van der Waals surface area contributed by atoms with Crippen molar-refractivity contribution in [3.8, 4) is 5.75 Å². The molecule has 0 aliphatic heterocycles. The van der Waals surface area contributed by atoms with Gasteiger partial charge in [-0.2, -0.15) is 0 Å². The number of ether oxygens (including phenoxy) is 1. The van der Waals surface area contributed by atoms with Crippen LogP contribution in [0.2, 0.25) is 5.02 Å². The van der Waals surface area contributed by atoms with E-state index in [9.17, 15) is 4.39 Å². The lowest BCUT2D eigenvalue weighted by Crippen LogP contribution is -2.17. The molecule has 0 saturated carbocycles. The predicted octanol–water partition coefficient (Wildman–Crippen LogP) is 4.39. The minimum absolute atomic E-state index is 0.0642. The lowest BCUT2D eigenvalue weighted by Gasteiger charge is -2.22. The van der Waals surface area contributed by atoms with Gasteiger partial charge in [-0.15, -0.1) is 0 Å². The zero-order valence-electron chi connectivity index (χ0n) is 11.6. The summed E-state index contributed by atoms with van der Waals surface area (Å²) in [7, 11) is 0. The first-order chi connectivity index (χ1) is 10.1. The fraction of sp³-hybridized carbons (Fsp3) is 0.294. The van der Waals surface area contributed by atoms with Crippen molar-refractivity contribution in [3.63, 3.8) is 0 Å². The minimum Gasteiger partial charge on any atom is -0.489 e. The van der Waals surface area contributed by atoms with Gasteiger partial charge in [-0.3, -0.25) is 0 Å². The Labute approximate surface area is 128 Å². The van der Waals surface area contributed by atoms with Crippen molar-refractivity contribution < 1.29 is 9.13 Å². The fourth-order valence-corrected chi connectivity index (χ4v) is 2.95. The smallest absolute Gasteiger partial charge is 0.131 e. The van der Waals surface area contributed by atoms with Crippen LogP contribution in [-0.4, -0.2) is 0 Å². The van der Waals surface area contributed by atoms with E-state index in [1.807, 2.05) is 18.2 Å². The van der Waals surface area contributed by atoms with Crippen molar-refractivity contribution in [2.24, 2.45) is 5.73 Å². The maximum absolute atomic E-state index is 13.7. The number of halogens is 2. The highest BCUT2D eigenvalue weighted by Gasteiger charge is 2.17. The standard InChI is InChI=1S/C17H17ClFNO/c18-15-4-2-5-16(19)14(15)10-21-12-8-7-11-3-1-6-17(20)13(11)9-12/h2,4-5,7-9,17H,1,3,6,10,20H2. The van der Waals surface area contributed by atoms with Crippen LogP contribution in [0.1, 0.15) is 35.6 Å². The van der Waals surface area contributed by atoms with Gasteiger partial charge in [0.1, 0.15) is 18.2 Å². The van der Waals surface area contributed by atoms with Crippen molar-refractivity contribution in [3.05, 3.63) is 63.9 Å². The largest absolute Gasteiger partial charge is 0.489 e. The first-order valence-electron chi connectivity index (χ1n) is 7.09. The third-order valence-electron chi connectivity index (χ3n) is 3.92. The molecule has 0 fully saturated rings. The predicted molar refractivity (Wildman–Crippen MR) is 82.1 cm³/mol. The van der Waals surface area contributed by atoms with Crippen LogP contribution in [0.4, 0.5) is 4.39 Å². The van der Waals surface area contributed by atoms with E-state index in [0.29, 0.717) is 16.3 Å². The van der Waals surface area contributed by atoms with Gasteiger partial charge in [0.05, 0.1) is 5.02 Å². The highest BCUT2D eigenvalue weighted by Crippen LogP contribution is 2.31. The molecule has 1 aliphatic carbocycles. The molecule has 0 amide bonds. The summed E-state index contributed by atoms with van der Waals surface area (Å²) in [4.78, 5) is 0. The number of hydrogen-bond donors (Lipinski definition) is 1. The monoisotopic (exact) mass is 305 g/mol. The quantitative estimate of drug-likeness (QED) is 0.912. The van der Waals surface area contributed by atoms with E-state index in [1.54, 1.807) is 12.1 Å². The van der Waals surface area contributed by atoms with E-state index >= 15 is 0 Å². The molecule has 4 heteroatoms. The van der Waals surface area contributed by atoms with Gasteiger partial charge in [0.25, 0.3) is 0 Å². The molecular formula is C17H17ClFNO. The van der Waals surface area contributed by atoms with E-state index < -0.39 is 0 Å². The first kappa shape index (κ1) is 14.4. The molecule has 0 aromatic heterocycles. The first-order valence-corrected chi connectivity index (χ1v) is 7.47. The van der Waals surface area contributed by atoms with Gasteiger partial charge in [-0.1, -0.05) is 23.7 Å². The molecule has 2 aromatic carbocycles. The summed E-state index contributed by atoms with van der Waals surface area (Å²) >= 11 is 5.99. The molecule has 2 N–H and O–H groups in total. The molecule has 0 bridgehead atoms. The van der Waals surface area contributed by atoms with Crippen LogP contribution < -0.4 is 10.5 Å². The highest BCUT2D eigenvalue weighted by molar-refractivity contribution is 6.31. The maximum atomic E-state index is 13.7. The summed E-state index contributed by atoms with van der Waals surface area (Å²) in [6.45, 7) is 0.111. The van der Waals surface area contributed by atoms with E-state index in [0.717, 1.165) is 24.8 Å². The van der Waals surface area contributed by atoms with Crippen molar-refractivity contribution in [2.75, 3.05) is 0 Å². The number of benzene rings is 2. The summed E-state index contributed by atoms with van der Waals surface area (Å²) in [6.07, 6.45) is 3.18. The Morgan fingerprint density at radius 2 is 2.14 bits per heavy atom. The van der Waals surface area contributed by atoms with E-state index in [2.05, 4.69) is 0 Å². The van der Waals surface area contributed by atoms with Gasteiger partial charge in [0.15, 0.2) is 0 Å². The third kappa shape index (κ3) is 3.04. The minimum atomic E-state index is -0.350. The normalized spacial score (nSPS) is 17.4. The molecule has 1 unspecified atom stereocenters. The van der Waals surface area contributed by atoms with Crippen LogP contribution in [0, 0.1) is 5.82 Å². The van der Waals surface area contributed by atoms with E-state index in [1.165, 1.54) is 11.6 Å². The van der Waals surface area contributed by atoms with Crippen LogP contribution in [0.5, 0.6) is 5.75 Å². The highest BCUT2D eigenvalue weighted by atomic mass is 35.5. The van der Waals surface area contributed by atoms with Gasteiger partial charge in [-0.25, -0.2) is 4.39 Å². The van der Waals surface area contributed by atoms with Crippen molar-refractivity contribution in [1.82, 2.24) is 0 Å². The van der Waals surface area contributed by atoms with Gasteiger partial charge in [0.2, 0.25) is 0 Å². The molecule has 21 heavy (non-hydrogen) atoms. The molecule has 2 aromatic rings. The molecule has 3 rings (SSSR count). The zero-order valence-corrected chi connectivity index (χ0v) is 12.4. The molecule has 1 atom stereocenters. The number of nitrogens with two attached hydrogens (primary N) is 1. The second-order valence-electron chi connectivity index (χ2n) is 5.35. The molecular weight excluding hydrogens is 289 g/mol. The molecule has 0 saturated heterocycles. The third-order valence-corrected chi connectivity index (χ3v) is 4.28. The summed E-state index contributed by atoms with van der Waals surface area (Å²) in [5.41, 5.74) is 8.93. The zero-order chi connectivity index (χ0) is 14.8. The Hall–Kier alpha value is -1.58. The Morgan fingerprint density at radius 3 is 2.95 bits per heavy atom. The van der Waals surface area contributed by atoms with E-state index in [-0.39, 0.29) is 18.5 Å². The van der Waals surface area contributed by atoms with Crippen LogP contribution >= 0.6 is 11.6 Å². The SMILES string of the molecule is NC1CCCc2ccc(OCc3c(F)cccc3Cl)cc21. The summed E-state index contributed by atoms with van der Waals surface area (Å²) in [5, 5.41) is 0.379. The number of hydrogen-bond acceptors (Lipinski definition) is 2. The molecule has 0 radical (unpaired) electrons. The van der Waals surface area contributed by atoms with Crippen LogP contribution in [0.25, 0.3) is 0 Å². The van der Waals surface area contributed by atoms with Gasteiger partial charge >= 0.3 is 0 Å². The van der Waals surface area contributed by atoms with Crippen molar-refractivity contribution in [2.45, 2.75) is 31.9 Å². The summed E-state index contributed by atoms with van der Waals surface area (Å²) in [5.74, 6) is 0.350. The Kier molecular flexibility index (Phi) is 4.13. The van der Waals surface area contributed by atoms with Crippen LogP contribution in [0.3, 0.4) is 0 Å². The Morgan fingerprint density at radius 1 is 1.29 bits per heavy atom. The average molecular weight is 306 g/mol. The number of fused-ring (bicyclic) bond motifs is 1. The van der Waals surface area contributed by atoms with Crippen LogP contribution in [0.15, 0.2) is 36.4 Å². The number of rotatable bonds is 3. The van der Waals surface area contributed by atoms with Gasteiger partial charge < -0.3 is 10.5 Å². The average Bonchev–Trinajstić information content (AvgIpc) is 2.47.